The lowest BCUT2D eigenvalue weighted by Gasteiger charge is -2.13. The van der Waals surface area contributed by atoms with Crippen molar-refractivity contribution in [3.8, 4) is 0 Å². The molecule has 25 heavy (non-hydrogen) atoms. The molecule has 3 rings (SSSR count). The van der Waals surface area contributed by atoms with Crippen molar-refractivity contribution in [3.63, 3.8) is 0 Å². The SMILES string of the molecule is O=C(O)c1ccccc1Nc1ccnc(NCCC2=CCCCC2)n1. The average molecular weight is 338 g/mol. The number of carbonyl (C=O) groups is 1. The lowest BCUT2D eigenvalue weighted by atomic mass is 9.97. The topological polar surface area (TPSA) is 87.1 Å². The molecule has 3 N–H and O–H groups in total. The van der Waals surface area contributed by atoms with Gasteiger partial charge in [0.2, 0.25) is 5.95 Å². The fourth-order valence-electron chi connectivity index (χ4n) is 2.90. The molecule has 0 amide bonds. The van der Waals surface area contributed by atoms with Gasteiger partial charge in [-0.3, -0.25) is 0 Å². The van der Waals surface area contributed by atoms with E-state index in [9.17, 15) is 9.90 Å². The number of carboxylic acid groups (broad SMARTS) is 1. The Morgan fingerprint density at radius 2 is 2.08 bits per heavy atom. The molecule has 0 spiro atoms. The van der Waals surface area contributed by atoms with Gasteiger partial charge in [0, 0.05) is 12.7 Å². The van der Waals surface area contributed by atoms with Crippen LogP contribution in [0, 0.1) is 0 Å². The first-order chi connectivity index (χ1) is 12.2. The Labute approximate surface area is 147 Å². The van der Waals surface area contributed by atoms with Gasteiger partial charge in [-0.25, -0.2) is 9.78 Å². The molecule has 1 aliphatic carbocycles. The molecule has 6 heteroatoms. The second-order valence-electron chi connectivity index (χ2n) is 6.03. The van der Waals surface area contributed by atoms with Gasteiger partial charge in [-0.2, -0.15) is 4.98 Å². The number of hydrogen-bond donors (Lipinski definition) is 3. The maximum Gasteiger partial charge on any atom is 0.337 e. The number of nitrogens with zero attached hydrogens (tertiary/aromatic N) is 2. The van der Waals surface area contributed by atoms with E-state index in [0.717, 1.165) is 13.0 Å². The van der Waals surface area contributed by atoms with E-state index in [0.29, 0.717) is 17.5 Å². The molecule has 0 saturated heterocycles. The smallest absolute Gasteiger partial charge is 0.337 e. The second-order valence-corrected chi connectivity index (χ2v) is 6.03. The molecule has 0 unspecified atom stereocenters. The summed E-state index contributed by atoms with van der Waals surface area (Å²) in [5, 5.41) is 15.5. The average Bonchev–Trinajstić information content (AvgIpc) is 2.63. The third-order valence-corrected chi connectivity index (χ3v) is 4.19. The summed E-state index contributed by atoms with van der Waals surface area (Å²) in [4.78, 5) is 19.9. The van der Waals surface area contributed by atoms with Crippen molar-refractivity contribution in [2.24, 2.45) is 0 Å². The lowest BCUT2D eigenvalue weighted by molar-refractivity contribution is 0.0698. The van der Waals surface area contributed by atoms with Crippen LogP contribution < -0.4 is 10.6 Å². The maximum atomic E-state index is 11.3. The Balaban J connectivity index is 1.62. The standard InChI is InChI=1S/C19H22N4O2/c24-18(25)15-8-4-5-9-16(15)22-17-11-13-21-19(23-17)20-12-10-14-6-2-1-3-7-14/h4-6,8-9,11,13H,1-3,7,10,12H2,(H,24,25)(H2,20,21,22,23). The van der Waals surface area contributed by atoms with Gasteiger partial charge < -0.3 is 15.7 Å². The van der Waals surface area contributed by atoms with Crippen LogP contribution in [0.15, 0.2) is 48.2 Å². The third kappa shape index (κ3) is 4.79. The summed E-state index contributed by atoms with van der Waals surface area (Å²) in [6, 6.07) is 8.47. The number of para-hydroxylation sites is 1. The molecule has 1 heterocycles. The van der Waals surface area contributed by atoms with Crippen molar-refractivity contribution < 1.29 is 9.90 Å². The molecule has 0 atom stereocenters. The van der Waals surface area contributed by atoms with Gasteiger partial charge in [-0.15, -0.1) is 0 Å². The fourth-order valence-corrected chi connectivity index (χ4v) is 2.90. The number of benzene rings is 1. The summed E-state index contributed by atoms with van der Waals surface area (Å²) < 4.78 is 0. The van der Waals surface area contributed by atoms with Crippen LogP contribution in [0.5, 0.6) is 0 Å². The molecule has 0 fully saturated rings. The molecule has 0 aliphatic heterocycles. The summed E-state index contributed by atoms with van der Waals surface area (Å²) in [6.07, 6.45) is 9.96. The van der Waals surface area contributed by atoms with E-state index in [1.807, 2.05) is 0 Å². The Morgan fingerprint density at radius 3 is 2.88 bits per heavy atom. The highest BCUT2D eigenvalue weighted by atomic mass is 16.4. The van der Waals surface area contributed by atoms with Crippen molar-refractivity contribution in [1.82, 2.24) is 9.97 Å². The fraction of sp³-hybridized carbons (Fsp3) is 0.316. The van der Waals surface area contributed by atoms with E-state index < -0.39 is 5.97 Å². The summed E-state index contributed by atoms with van der Waals surface area (Å²) >= 11 is 0. The molecule has 1 aromatic carbocycles. The quantitative estimate of drug-likeness (QED) is 0.655. The van der Waals surface area contributed by atoms with Crippen LogP contribution in [0.4, 0.5) is 17.5 Å². The first-order valence-electron chi connectivity index (χ1n) is 8.56. The number of aromatic carboxylic acids is 1. The van der Waals surface area contributed by atoms with Gasteiger partial charge in [0.25, 0.3) is 0 Å². The normalized spacial score (nSPS) is 13.8. The van der Waals surface area contributed by atoms with E-state index in [1.165, 1.54) is 31.3 Å². The van der Waals surface area contributed by atoms with E-state index in [4.69, 9.17) is 0 Å². The number of aromatic nitrogens is 2. The van der Waals surface area contributed by atoms with Crippen LogP contribution in [0.2, 0.25) is 0 Å². The number of rotatable bonds is 7. The minimum atomic E-state index is -0.976. The number of anilines is 3. The summed E-state index contributed by atoms with van der Waals surface area (Å²) in [7, 11) is 0. The van der Waals surface area contributed by atoms with E-state index in [2.05, 4.69) is 26.7 Å². The Bertz CT molecular complexity index is 774. The Kier molecular flexibility index (Phi) is 5.61. The monoisotopic (exact) mass is 338 g/mol. The molecule has 0 radical (unpaired) electrons. The molecule has 0 bridgehead atoms. The highest BCUT2D eigenvalue weighted by molar-refractivity contribution is 5.94. The van der Waals surface area contributed by atoms with E-state index in [1.54, 1.807) is 36.5 Å². The van der Waals surface area contributed by atoms with Gasteiger partial charge in [-0.1, -0.05) is 23.8 Å². The van der Waals surface area contributed by atoms with Crippen LogP contribution in [0.1, 0.15) is 42.5 Å². The number of allylic oxidation sites excluding steroid dienone is 1. The highest BCUT2D eigenvalue weighted by Gasteiger charge is 2.10. The molecule has 130 valence electrons. The first-order valence-corrected chi connectivity index (χ1v) is 8.56. The van der Waals surface area contributed by atoms with Gasteiger partial charge in [0.15, 0.2) is 0 Å². The molecule has 0 saturated carbocycles. The van der Waals surface area contributed by atoms with Crippen LogP contribution in [-0.2, 0) is 0 Å². The predicted molar refractivity (Wildman–Crippen MR) is 98.4 cm³/mol. The minimum Gasteiger partial charge on any atom is -0.478 e. The number of hydrogen-bond acceptors (Lipinski definition) is 5. The van der Waals surface area contributed by atoms with Crippen molar-refractivity contribution in [3.05, 3.63) is 53.7 Å². The summed E-state index contributed by atoms with van der Waals surface area (Å²) in [5.41, 5.74) is 2.22. The summed E-state index contributed by atoms with van der Waals surface area (Å²) in [5.74, 6) is 0.119. The molecular weight excluding hydrogens is 316 g/mol. The van der Waals surface area contributed by atoms with Crippen molar-refractivity contribution in [2.45, 2.75) is 32.1 Å². The van der Waals surface area contributed by atoms with Gasteiger partial charge >= 0.3 is 5.97 Å². The van der Waals surface area contributed by atoms with Crippen molar-refractivity contribution in [2.75, 3.05) is 17.2 Å². The second kappa shape index (κ2) is 8.28. The van der Waals surface area contributed by atoms with E-state index in [-0.39, 0.29) is 5.56 Å². The molecule has 1 aliphatic rings. The van der Waals surface area contributed by atoms with Gasteiger partial charge in [0.1, 0.15) is 5.82 Å². The first kappa shape index (κ1) is 17.0. The zero-order valence-electron chi connectivity index (χ0n) is 14.0. The van der Waals surface area contributed by atoms with Crippen LogP contribution in [0.3, 0.4) is 0 Å². The zero-order chi connectivity index (χ0) is 17.5. The predicted octanol–water partition coefficient (Wildman–Crippen LogP) is 4.22. The molecule has 2 aromatic rings. The third-order valence-electron chi connectivity index (χ3n) is 4.19. The molecule has 1 aromatic heterocycles. The van der Waals surface area contributed by atoms with Crippen LogP contribution in [0.25, 0.3) is 0 Å². The lowest BCUT2D eigenvalue weighted by Crippen LogP contribution is -2.09. The minimum absolute atomic E-state index is 0.208. The highest BCUT2D eigenvalue weighted by Crippen LogP contribution is 2.21. The largest absolute Gasteiger partial charge is 0.478 e. The molecular formula is C19H22N4O2. The summed E-state index contributed by atoms with van der Waals surface area (Å²) in [6.45, 7) is 0.793. The van der Waals surface area contributed by atoms with Gasteiger partial charge in [0.05, 0.1) is 11.3 Å². The van der Waals surface area contributed by atoms with Crippen LogP contribution >= 0.6 is 0 Å². The van der Waals surface area contributed by atoms with Crippen molar-refractivity contribution in [1.29, 1.82) is 0 Å². The number of nitrogens with one attached hydrogen (secondary N) is 2. The number of carboxylic acids is 1. The Morgan fingerprint density at radius 1 is 1.20 bits per heavy atom. The molecule has 6 nitrogen and oxygen atoms in total. The maximum absolute atomic E-state index is 11.3. The zero-order valence-corrected chi connectivity index (χ0v) is 14.0. The van der Waals surface area contributed by atoms with E-state index >= 15 is 0 Å². The van der Waals surface area contributed by atoms with Crippen LogP contribution in [-0.4, -0.2) is 27.6 Å². The van der Waals surface area contributed by atoms with Gasteiger partial charge in [-0.05, 0) is 50.3 Å². The van der Waals surface area contributed by atoms with Crippen molar-refractivity contribution >= 4 is 23.4 Å². The Hall–Kier alpha value is -2.89.